The van der Waals surface area contributed by atoms with E-state index < -0.39 is 11.4 Å². The fourth-order valence-electron chi connectivity index (χ4n) is 0.116. The van der Waals surface area contributed by atoms with Gasteiger partial charge in [0.05, 0.1) is 0 Å². The predicted octanol–water partition coefficient (Wildman–Crippen LogP) is -2.67. The molecule has 8 heavy (non-hydrogen) atoms. The van der Waals surface area contributed by atoms with Crippen molar-refractivity contribution in [2.45, 2.75) is 6.92 Å². The molecular weight excluding hydrogens is 155 g/mol. The molecule has 5 heteroatoms. The molecule has 0 aliphatic carbocycles. The molecule has 1 unspecified atom stereocenters. The van der Waals surface area contributed by atoms with Gasteiger partial charge in [-0.25, -0.2) is 4.21 Å². The van der Waals surface area contributed by atoms with Gasteiger partial charge in [0.15, 0.2) is 0 Å². The molecule has 0 saturated heterocycles. The first-order chi connectivity index (χ1) is 3.13. The standard InChI is InChI=1S/C3H6O3S.K/c1-3(2)6-7(4)5;/h1H2,2H3,(H,4,5);/q;+1/p-1. The van der Waals surface area contributed by atoms with E-state index in [1.54, 1.807) is 0 Å². The van der Waals surface area contributed by atoms with Crippen LogP contribution in [0.2, 0.25) is 0 Å². The third-order valence-electron chi connectivity index (χ3n) is 0.210. The zero-order chi connectivity index (χ0) is 5.86. The molecule has 0 aliphatic heterocycles. The van der Waals surface area contributed by atoms with E-state index in [2.05, 4.69) is 10.8 Å². The van der Waals surface area contributed by atoms with E-state index in [0.29, 0.717) is 0 Å². The molecule has 0 rings (SSSR count). The molecule has 3 nitrogen and oxygen atoms in total. The number of hydrogen-bond donors (Lipinski definition) is 0. The Morgan fingerprint density at radius 3 is 2.25 bits per heavy atom. The summed E-state index contributed by atoms with van der Waals surface area (Å²) in [6, 6.07) is 0. The van der Waals surface area contributed by atoms with E-state index in [9.17, 15) is 8.76 Å². The largest absolute Gasteiger partial charge is 1.00 e. The molecule has 0 aromatic carbocycles. The van der Waals surface area contributed by atoms with Crippen LogP contribution in [0.4, 0.5) is 0 Å². The minimum atomic E-state index is -2.45. The molecule has 0 aromatic heterocycles. The van der Waals surface area contributed by atoms with Crippen LogP contribution < -0.4 is 51.4 Å². The van der Waals surface area contributed by atoms with E-state index in [1.165, 1.54) is 6.92 Å². The van der Waals surface area contributed by atoms with Gasteiger partial charge in [0.2, 0.25) is 0 Å². The van der Waals surface area contributed by atoms with Crippen LogP contribution in [0.1, 0.15) is 6.92 Å². The molecule has 42 valence electrons. The van der Waals surface area contributed by atoms with Crippen LogP contribution in [0, 0.1) is 0 Å². The average Bonchev–Trinajstić information content (AvgIpc) is 1.27. The van der Waals surface area contributed by atoms with Crippen molar-refractivity contribution in [3.05, 3.63) is 12.3 Å². The predicted molar refractivity (Wildman–Crippen MR) is 24.8 cm³/mol. The molecule has 0 aromatic rings. The van der Waals surface area contributed by atoms with Crippen molar-refractivity contribution in [3.63, 3.8) is 0 Å². The van der Waals surface area contributed by atoms with E-state index >= 15 is 0 Å². The fraction of sp³-hybridized carbons (Fsp3) is 0.333. The van der Waals surface area contributed by atoms with Crippen LogP contribution in [0.15, 0.2) is 12.3 Å². The first-order valence-corrected chi connectivity index (χ1v) is 2.56. The topological polar surface area (TPSA) is 49.4 Å². The molecule has 0 radical (unpaired) electrons. The molecule has 0 fully saturated rings. The summed E-state index contributed by atoms with van der Waals surface area (Å²) < 4.78 is 23.0. The quantitative estimate of drug-likeness (QED) is 0.251. The Labute approximate surface area is 93.4 Å². The summed E-state index contributed by atoms with van der Waals surface area (Å²) >= 11 is -2.45. The maximum absolute atomic E-state index is 9.53. The number of allylic oxidation sites excluding steroid dienone is 1. The van der Waals surface area contributed by atoms with Crippen LogP contribution in [-0.4, -0.2) is 8.76 Å². The third kappa shape index (κ3) is 10.3. The average molecular weight is 160 g/mol. The second-order valence-electron chi connectivity index (χ2n) is 0.989. The summed E-state index contributed by atoms with van der Waals surface area (Å²) in [7, 11) is 0. The Morgan fingerprint density at radius 1 is 1.88 bits per heavy atom. The van der Waals surface area contributed by atoms with Crippen molar-refractivity contribution >= 4 is 11.4 Å². The Morgan fingerprint density at radius 2 is 2.25 bits per heavy atom. The van der Waals surface area contributed by atoms with Gasteiger partial charge in [-0.1, -0.05) is 6.58 Å². The van der Waals surface area contributed by atoms with Gasteiger partial charge in [-0.05, 0) is 6.92 Å². The summed E-state index contributed by atoms with van der Waals surface area (Å²) in [5.41, 5.74) is 0. The summed E-state index contributed by atoms with van der Waals surface area (Å²) in [6.07, 6.45) is 0. The van der Waals surface area contributed by atoms with Gasteiger partial charge in [0.25, 0.3) is 0 Å². The van der Waals surface area contributed by atoms with Gasteiger partial charge in [-0.15, -0.1) is 0 Å². The Hall–Kier alpha value is 1.29. The van der Waals surface area contributed by atoms with E-state index in [1.807, 2.05) is 0 Å². The maximum Gasteiger partial charge on any atom is 1.00 e. The Balaban J connectivity index is 0. The van der Waals surface area contributed by atoms with Crippen molar-refractivity contribution in [1.29, 1.82) is 0 Å². The van der Waals surface area contributed by atoms with Gasteiger partial charge in [-0.2, -0.15) is 0 Å². The first kappa shape index (κ1) is 12.0. The van der Waals surface area contributed by atoms with Crippen LogP contribution >= 0.6 is 0 Å². The van der Waals surface area contributed by atoms with Crippen LogP contribution in [0.5, 0.6) is 0 Å². The van der Waals surface area contributed by atoms with Crippen LogP contribution in [0.25, 0.3) is 0 Å². The van der Waals surface area contributed by atoms with Crippen molar-refractivity contribution < 1.29 is 64.3 Å². The van der Waals surface area contributed by atoms with E-state index in [-0.39, 0.29) is 57.1 Å². The van der Waals surface area contributed by atoms with E-state index in [4.69, 9.17) is 0 Å². The summed E-state index contributed by atoms with van der Waals surface area (Å²) in [5, 5.41) is 0. The van der Waals surface area contributed by atoms with Crippen molar-refractivity contribution in [3.8, 4) is 0 Å². The zero-order valence-corrected chi connectivity index (χ0v) is 8.78. The maximum atomic E-state index is 9.53. The minimum absolute atomic E-state index is 0. The van der Waals surface area contributed by atoms with Crippen molar-refractivity contribution in [2.24, 2.45) is 0 Å². The second kappa shape index (κ2) is 6.41. The Kier molecular flexibility index (Phi) is 9.62. The van der Waals surface area contributed by atoms with Gasteiger partial charge in [-0.3, -0.25) is 0 Å². The molecule has 0 saturated carbocycles. The normalized spacial score (nSPS) is 11.2. The SMILES string of the molecule is C=C(C)OS(=O)[O-].[K+]. The van der Waals surface area contributed by atoms with Crippen LogP contribution in [-0.2, 0) is 15.5 Å². The molecule has 0 heterocycles. The second-order valence-corrected chi connectivity index (χ2v) is 1.56. The molecule has 0 N–H and O–H groups in total. The van der Waals surface area contributed by atoms with Gasteiger partial charge < -0.3 is 8.74 Å². The first-order valence-electron chi connectivity index (χ1n) is 1.56. The van der Waals surface area contributed by atoms with Crippen LogP contribution in [0.3, 0.4) is 0 Å². The third-order valence-corrected chi connectivity index (χ3v) is 0.631. The molecule has 0 amide bonds. The summed E-state index contributed by atoms with van der Waals surface area (Å²) in [4.78, 5) is 0. The number of hydrogen-bond acceptors (Lipinski definition) is 3. The van der Waals surface area contributed by atoms with Crippen molar-refractivity contribution in [2.75, 3.05) is 0 Å². The molecule has 0 bridgehead atoms. The summed E-state index contributed by atoms with van der Waals surface area (Å²) in [5.74, 6) is 0.174. The molecule has 0 spiro atoms. The Bertz CT molecular complexity index is 90.7. The zero-order valence-electron chi connectivity index (χ0n) is 4.84. The smallest absolute Gasteiger partial charge is 0.740 e. The van der Waals surface area contributed by atoms with Gasteiger partial charge in [0, 0.05) is 0 Å². The summed E-state index contributed by atoms with van der Waals surface area (Å²) in [6.45, 7) is 4.63. The minimum Gasteiger partial charge on any atom is -0.740 e. The van der Waals surface area contributed by atoms with Gasteiger partial charge in [0.1, 0.15) is 17.1 Å². The number of rotatable bonds is 2. The monoisotopic (exact) mass is 160 g/mol. The molecular formula is C3H5KO3S. The van der Waals surface area contributed by atoms with Gasteiger partial charge >= 0.3 is 51.4 Å². The fourth-order valence-corrected chi connectivity index (χ4v) is 0.348. The van der Waals surface area contributed by atoms with Crippen molar-refractivity contribution in [1.82, 2.24) is 0 Å². The van der Waals surface area contributed by atoms with E-state index in [0.717, 1.165) is 0 Å². The molecule has 0 aliphatic rings. The molecule has 1 atom stereocenters.